The minimum absolute atomic E-state index is 0.111. The number of carbonyl (C=O) groups is 2. The van der Waals surface area contributed by atoms with Crippen molar-refractivity contribution in [1.29, 1.82) is 0 Å². The monoisotopic (exact) mass is 783 g/mol. The fourth-order valence-corrected chi connectivity index (χ4v) is 8.79. The van der Waals surface area contributed by atoms with Gasteiger partial charge in [-0.2, -0.15) is 4.98 Å². The molecule has 12 nitrogen and oxygen atoms in total. The number of hydrogen-bond acceptors (Lipinski definition) is 9. The van der Waals surface area contributed by atoms with E-state index in [4.69, 9.17) is 42.6 Å². The number of hydrogen-bond donors (Lipinski definition) is 3. The summed E-state index contributed by atoms with van der Waals surface area (Å²) in [5.74, 6) is -0.334. The van der Waals surface area contributed by atoms with Crippen LogP contribution >= 0.6 is 23.2 Å². The summed E-state index contributed by atoms with van der Waals surface area (Å²) in [5.41, 5.74) is 9.03. The number of carboxylic acids is 1. The Hall–Kier alpha value is -4.75. The van der Waals surface area contributed by atoms with Crippen LogP contribution in [0.25, 0.3) is 33.5 Å². The SMILES string of the molecule is COc1nc(O[C@H]2CCc3c(-c4cccc(-c5cnc6c(CNC[C@@H]7CCC(=O)N7)cn(C)c6n5)c4Cl)cccc32)c(Cl)cc1CN1CCC[C@@H](C(=O)O)C1. The van der Waals surface area contributed by atoms with Gasteiger partial charge in [-0.3, -0.25) is 19.5 Å². The van der Waals surface area contributed by atoms with Crippen molar-refractivity contribution in [3.63, 3.8) is 0 Å². The predicted octanol–water partition coefficient (Wildman–Crippen LogP) is 6.74. The molecule has 3 atom stereocenters. The van der Waals surface area contributed by atoms with Gasteiger partial charge < -0.3 is 29.8 Å². The van der Waals surface area contributed by atoms with Crippen LogP contribution in [0.3, 0.4) is 0 Å². The summed E-state index contributed by atoms with van der Waals surface area (Å²) in [6.07, 6.45) is 7.99. The van der Waals surface area contributed by atoms with Crippen molar-refractivity contribution >= 4 is 46.2 Å². The highest BCUT2D eigenvalue weighted by Gasteiger charge is 2.30. The molecule has 14 heteroatoms. The van der Waals surface area contributed by atoms with E-state index in [0.717, 1.165) is 82.3 Å². The average Bonchev–Trinajstić information content (AvgIpc) is 3.89. The van der Waals surface area contributed by atoms with Crippen LogP contribution in [0.15, 0.2) is 54.9 Å². The van der Waals surface area contributed by atoms with Gasteiger partial charge in [0.15, 0.2) is 5.65 Å². The molecule has 0 unspecified atom stereocenters. The van der Waals surface area contributed by atoms with Crippen molar-refractivity contribution in [1.82, 2.24) is 35.1 Å². The molecule has 1 aliphatic carbocycles. The van der Waals surface area contributed by atoms with Crippen LogP contribution in [0, 0.1) is 5.92 Å². The average molecular weight is 785 g/mol. The molecule has 2 saturated heterocycles. The van der Waals surface area contributed by atoms with E-state index in [9.17, 15) is 14.7 Å². The van der Waals surface area contributed by atoms with Crippen molar-refractivity contribution < 1.29 is 24.2 Å². The number of ether oxygens (including phenoxy) is 2. The van der Waals surface area contributed by atoms with E-state index >= 15 is 0 Å². The fraction of sp³-hybridized carbons (Fsp3) is 0.390. The normalized spacial score (nSPS) is 19.8. The molecule has 2 fully saturated rings. The molecule has 8 rings (SSSR count). The smallest absolute Gasteiger partial charge is 0.307 e. The number of pyridine rings is 1. The molecule has 3 aliphatic rings. The maximum absolute atomic E-state index is 11.6. The zero-order chi connectivity index (χ0) is 38.2. The highest BCUT2D eigenvalue weighted by atomic mass is 35.5. The maximum atomic E-state index is 11.6. The Morgan fingerprint density at radius 1 is 1.04 bits per heavy atom. The fourth-order valence-electron chi connectivity index (χ4n) is 8.25. The number of rotatable bonds is 12. The van der Waals surface area contributed by atoms with E-state index in [1.807, 2.05) is 48.1 Å². The first-order chi connectivity index (χ1) is 26.7. The zero-order valence-electron chi connectivity index (χ0n) is 30.8. The number of fused-ring (bicyclic) bond motifs is 2. The molecule has 0 spiro atoms. The molecule has 2 aliphatic heterocycles. The topological polar surface area (TPSA) is 144 Å². The highest BCUT2D eigenvalue weighted by molar-refractivity contribution is 6.36. The Kier molecular flexibility index (Phi) is 10.7. The number of aromatic nitrogens is 4. The van der Waals surface area contributed by atoms with Crippen molar-refractivity contribution in [2.45, 2.75) is 63.8 Å². The standard InChI is InChI=1S/C41H43Cl2N7O5/c1-49-20-25(17-44-18-26-11-14-35(51)46-26)37-38(49)47-33(19-45-37)31-10-4-9-30(36(31)43)27-7-3-8-29-28(27)12-13-34(29)55-40-32(42)16-24(39(48-40)54-2)22-50-15-5-6-23(21-50)41(52)53/h3-4,7-10,16,19-20,23,26,34,44H,5-6,11-15,17-18,21-22H2,1-2H3,(H,46,51)(H,52,53)/t23-,26+,34+/m1/s1. The van der Waals surface area contributed by atoms with Crippen molar-refractivity contribution in [3.05, 3.63) is 87.2 Å². The van der Waals surface area contributed by atoms with Crippen LogP contribution in [0.1, 0.15) is 60.5 Å². The van der Waals surface area contributed by atoms with Gasteiger partial charge in [0.2, 0.25) is 17.7 Å². The van der Waals surface area contributed by atoms with Gasteiger partial charge >= 0.3 is 5.97 Å². The van der Waals surface area contributed by atoms with Gasteiger partial charge in [-0.1, -0.05) is 59.6 Å². The van der Waals surface area contributed by atoms with E-state index in [1.165, 1.54) is 0 Å². The number of carboxylic acid groups (broad SMARTS) is 1. The second-order valence-electron chi connectivity index (χ2n) is 14.7. The lowest BCUT2D eigenvalue weighted by Gasteiger charge is -2.30. The third-order valence-corrected chi connectivity index (χ3v) is 11.7. The summed E-state index contributed by atoms with van der Waals surface area (Å²) in [7, 11) is 3.53. The zero-order valence-corrected chi connectivity index (χ0v) is 32.3. The van der Waals surface area contributed by atoms with Crippen molar-refractivity contribution in [2.24, 2.45) is 13.0 Å². The molecular formula is C41H43Cl2N7O5. The Balaban J connectivity index is 1.00. The van der Waals surface area contributed by atoms with Crippen LogP contribution in [0.2, 0.25) is 10.0 Å². The number of amides is 1. The molecule has 1 amide bonds. The number of carbonyl (C=O) groups excluding carboxylic acids is 1. The molecule has 55 heavy (non-hydrogen) atoms. The number of piperidine rings is 1. The van der Waals surface area contributed by atoms with Crippen LogP contribution < -0.4 is 20.1 Å². The Morgan fingerprint density at radius 2 is 1.85 bits per heavy atom. The van der Waals surface area contributed by atoms with Crippen molar-refractivity contribution in [3.8, 4) is 34.1 Å². The first kappa shape index (κ1) is 37.2. The van der Waals surface area contributed by atoms with Gasteiger partial charge in [0, 0.05) is 74.1 Å². The molecule has 3 aromatic heterocycles. The number of nitrogens with zero attached hydrogens (tertiary/aromatic N) is 5. The molecule has 2 aromatic carbocycles. The van der Waals surface area contributed by atoms with Gasteiger partial charge in [0.05, 0.1) is 29.9 Å². The number of benzene rings is 2. The minimum atomic E-state index is -0.765. The van der Waals surface area contributed by atoms with Gasteiger partial charge in [-0.05, 0) is 61.4 Å². The number of likely N-dealkylation sites (tertiary alicyclic amines) is 1. The van der Waals surface area contributed by atoms with E-state index < -0.39 is 5.97 Å². The highest BCUT2D eigenvalue weighted by Crippen LogP contribution is 2.44. The summed E-state index contributed by atoms with van der Waals surface area (Å²) < 4.78 is 14.1. The molecule has 0 radical (unpaired) electrons. The molecule has 0 bridgehead atoms. The Bertz CT molecular complexity index is 2280. The quantitative estimate of drug-likeness (QED) is 0.124. The van der Waals surface area contributed by atoms with Gasteiger partial charge in [-0.15, -0.1) is 0 Å². The summed E-state index contributed by atoms with van der Waals surface area (Å²) in [6.45, 7) is 3.09. The third kappa shape index (κ3) is 7.60. The summed E-state index contributed by atoms with van der Waals surface area (Å²) >= 11 is 14.0. The number of methoxy groups -OCH3 is 1. The van der Waals surface area contributed by atoms with Gasteiger partial charge in [0.25, 0.3) is 0 Å². The second-order valence-corrected chi connectivity index (χ2v) is 15.5. The Labute approximate surface area is 329 Å². The first-order valence-electron chi connectivity index (χ1n) is 18.7. The lowest BCUT2D eigenvalue weighted by Crippen LogP contribution is -2.38. The van der Waals surface area contributed by atoms with Crippen LogP contribution in [0.5, 0.6) is 11.8 Å². The third-order valence-electron chi connectivity index (χ3n) is 11.0. The number of halogens is 2. The molecule has 286 valence electrons. The summed E-state index contributed by atoms with van der Waals surface area (Å²) in [4.78, 5) is 39.8. The lowest BCUT2D eigenvalue weighted by atomic mass is 9.95. The van der Waals surface area contributed by atoms with Gasteiger partial charge in [0.1, 0.15) is 16.6 Å². The van der Waals surface area contributed by atoms with Crippen LogP contribution in [-0.4, -0.2) is 74.2 Å². The van der Waals surface area contributed by atoms with Crippen LogP contribution in [-0.2, 0) is 36.1 Å². The van der Waals surface area contributed by atoms with Crippen LogP contribution in [0.4, 0.5) is 0 Å². The predicted molar refractivity (Wildman–Crippen MR) is 210 cm³/mol. The van der Waals surface area contributed by atoms with E-state index in [0.29, 0.717) is 66.5 Å². The minimum Gasteiger partial charge on any atom is -0.481 e. The lowest BCUT2D eigenvalue weighted by molar-refractivity contribution is -0.143. The molecule has 5 heterocycles. The summed E-state index contributed by atoms with van der Waals surface area (Å²) in [5, 5.41) is 17.0. The first-order valence-corrected chi connectivity index (χ1v) is 19.5. The number of nitrogens with one attached hydrogen (secondary N) is 2. The molecule has 0 saturated carbocycles. The second kappa shape index (κ2) is 15.8. The molecule has 5 aromatic rings. The number of aryl methyl sites for hydroxylation is 1. The maximum Gasteiger partial charge on any atom is 0.307 e. The largest absolute Gasteiger partial charge is 0.481 e. The summed E-state index contributed by atoms with van der Waals surface area (Å²) in [6, 6.07) is 14.2. The van der Waals surface area contributed by atoms with E-state index in [1.54, 1.807) is 13.3 Å². The molecule has 3 N–H and O–H groups in total. The van der Waals surface area contributed by atoms with Gasteiger partial charge in [-0.25, -0.2) is 4.98 Å². The Morgan fingerprint density at radius 3 is 2.65 bits per heavy atom. The van der Waals surface area contributed by atoms with E-state index in [2.05, 4.69) is 32.7 Å². The van der Waals surface area contributed by atoms with Crippen molar-refractivity contribution in [2.75, 3.05) is 26.7 Å². The molecular weight excluding hydrogens is 741 g/mol. The number of aliphatic carboxylic acids is 1. The van der Waals surface area contributed by atoms with E-state index in [-0.39, 0.29) is 24.0 Å².